The van der Waals surface area contributed by atoms with Gasteiger partial charge in [-0.25, -0.2) is 4.98 Å². The Labute approximate surface area is 420 Å². The van der Waals surface area contributed by atoms with E-state index in [1.165, 1.54) is 39.2 Å². The van der Waals surface area contributed by atoms with Crippen molar-refractivity contribution in [2.24, 2.45) is 0 Å². The van der Waals surface area contributed by atoms with Crippen molar-refractivity contribution in [2.45, 2.75) is 117 Å². The van der Waals surface area contributed by atoms with Gasteiger partial charge in [0.25, 0.3) is 0 Å². The molecule has 0 aliphatic carbocycles. The predicted molar refractivity (Wildman–Crippen MR) is 281 cm³/mol. The van der Waals surface area contributed by atoms with Gasteiger partial charge in [0.1, 0.15) is 5.82 Å². The van der Waals surface area contributed by atoms with Gasteiger partial charge >= 0.3 is 0 Å². The molecule has 68 heavy (non-hydrogen) atoms. The van der Waals surface area contributed by atoms with Gasteiger partial charge in [-0.3, -0.25) is 0 Å². The standard InChI is InChI=1S/C62H65N4O.Pt/c1-58(2,3)44-33-34-63-55(38-44)66-53-30-21-20-29-51(53)52-32-31-50(40-54(52)66)67-49-28-22-27-47(39-49)64-41-65(48-36-45(59(4,5)6)35-46(37-48)60(7,8)9)57(62(12,13)43-25-18-15-19-26-43)56(64)61(10,11)42-23-16-14-17-24-42;/h14-38,41H,1-13H3;/q-3;. The second kappa shape index (κ2) is 17.9. The molecule has 9 rings (SSSR count). The molecule has 352 valence electrons. The average Bonchev–Trinajstić information content (AvgIpc) is 3.87. The fraction of sp³-hybridized carbons (Fsp3) is 0.290. The van der Waals surface area contributed by atoms with Gasteiger partial charge in [0.2, 0.25) is 0 Å². The zero-order valence-corrected chi connectivity index (χ0v) is 44.3. The minimum atomic E-state index is -0.461. The summed E-state index contributed by atoms with van der Waals surface area (Å²) in [7, 11) is 0. The number of allylic oxidation sites excluding steroid dienone is 2. The molecule has 5 nitrogen and oxygen atoms in total. The summed E-state index contributed by atoms with van der Waals surface area (Å²) in [4.78, 5) is 9.72. The number of hydrogen-bond donors (Lipinski definition) is 0. The van der Waals surface area contributed by atoms with Crippen LogP contribution in [0, 0.1) is 18.8 Å². The van der Waals surface area contributed by atoms with Crippen LogP contribution in [-0.4, -0.2) is 9.55 Å². The molecular weight excluding hydrogens is 1010 g/mol. The number of nitrogens with zero attached hydrogens (tertiary/aromatic N) is 4. The second-order valence-corrected chi connectivity index (χ2v) is 22.4. The normalized spacial score (nSPS) is 14.0. The van der Waals surface area contributed by atoms with Gasteiger partial charge in [-0.1, -0.05) is 180 Å². The molecule has 8 aromatic rings. The smallest absolute Gasteiger partial charge is 0.135 e. The molecule has 0 amide bonds. The first-order valence-electron chi connectivity index (χ1n) is 23.7. The fourth-order valence-corrected chi connectivity index (χ4v) is 9.56. The van der Waals surface area contributed by atoms with Crippen LogP contribution in [-0.2, 0) is 48.1 Å². The van der Waals surface area contributed by atoms with Crippen LogP contribution in [0.25, 0.3) is 27.6 Å². The Hall–Kier alpha value is -5.90. The first-order chi connectivity index (χ1) is 31.6. The van der Waals surface area contributed by atoms with Crippen molar-refractivity contribution in [3.05, 3.63) is 210 Å². The van der Waals surface area contributed by atoms with E-state index in [4.69, 9.17) is 9.72 Å². The Balaban J connectivity index is 0.00000625. The van der Waals surface area contributed by atoms with Crippen LogP contribution < -0.4 is 14.5 Å². The molecule has 0 fully saturated rings. The number of para-hydroxylation sites is 1. The molecule has 0 unspecified atom stereocenters. The summed E-state index contributed by atoms with van der Waals surface area (Å²) in [6, 6.07) is 59.6. The monoisotopic (exact) mass is 1080 g/mol. The molecule has 0 bridgehead atoms. The van der Waals surface area contributed by atoms with Crippen LogP contribution in [0.1, 0.15) is 118 Å². The van der Waals surface area contributed by atoms with Crippen molar-refractivity contribution < 1.29 is 25.8 Å². The van der Waals surface area contributed by atoms with Gasteiger partial charge in [0, 0.05) is 72.2 Å². The van der Waals surface area contributed by atoms with Gasteiger partial charge in [0.15, 0.2) is 0 Å². The van der Waals surface area contributed by atoms with Gasteiger partial charge in [0.05, 0.1) is 0 Å². The van der Waals surface area contributed by atoms with Crippen molar-refractivity contribution in [2.75, 3.05) is 9.80 Å². The number of pyridine rings is 1. The number of ether oxygens (including phenoxy) is 1. The van der Waals surface area contributed by atoms with E-state index in [2.05, 4.69) is 257 Å². The number of benzene rings is 6. The Morgan fingerprint density at radius 2 is 1.01 bits per heavy atom. The van der Waals surface area contributed by atoms with E-state index < -0.39 is 10.8 Å². The maximum Gasteiger partial charge on any atom is 0.135 e. The molecule has 1 aliphatic heterocycles. The third-order valence-corrected chi connectivity index (χ3v) is 13.7. The van der Waals surface area contributed by atoms with Crippen LogP contribution in [0.2, 0.25) is 0 Å². The molecule has 0 radical (unpaired) electrons. The first kappa shape index (κ1) is 48.6. The number of aromatic nitrogens is 2. The molecule has 6 aromatic carbocycles. The van der Waals surface area contributed by atoms with E-state index in [0.29, 0.717) is 11.5 Å². The van der Waals surface area contributed by atoms with E-state index in [9.17, 15) is 0 Å². The third-order valence-electron chi connectivity index (χ3n) is 13.7. The van der Waals surface area contributed by atoms with E-state index in [1.807, 2.05) is 18.3 Å². The summed E-state index contributed by atoms with van der Waals surface area (Å²) in [5.74, 6) is 2.05. The molecule has 2 aromatic heterocycles. The van der Waals surface area contributed by atoms with E-state index >= 15 is 0 Å². The van der Waals surface area contributed by atoms with Gasteiger partial charge in [-0.05, 0) is 79.8 Å². The third kappa shape index (κ3) is 9.07. The van der Waals surface area contributed by atoms with Gasteiger partial charge in [-0.15, -0.1) is 48.1 Å². The molecule has 0 N–H and O–H groups in total. The molecule has 1 aliphatic rings. The number of fused-ring (bicyclic) bond motifs is 3. The predicted octanol–water partition coefficient (Wildman–Crippen LogP) is 16.1. The van der Waals surface area contributed by atoms with E-state index in [1.54, 1.807) is 0 Å². The van der Waals surface area contributed by atoms with Gasteiger partial charge in [-0.2, -0.15) is 12.1 Å². The zero-order valence-electron chi connectivity index (χ0n) is 42.0. The minimum absolute atomic E-state index is 0. The second-order valence-electron chi connectivity index (χ2n) is 22.4. The summed E-state index contributed by atoms with van der Waals surface area (Å²) in [6.45, 7) is 32.3. The summed E-state index contributed by atoms with van der Waals surface area (Å²) in [6.07, 6.45) is 1.91. The Morgan fingerprint density at radius 1 is 0.471 bits per heavy atom. The first-order valence-corrected chi connectivity index (χ1v) is 23.7. The van der Waals surface area contributed by atoms with Crippen molar-refractivity contribution >= 4 is 33.2 Å². The SMILES string of the molecule is CC(C)(C)c1cc(N2[CH-]N(c3[c-]c(Oc4[c-]c5c(cc4)c4ccccc4n5-c4cc(C(C)(C)C)ccn4)ccc3)C(C(C)(C)c3ccccc3)=C2C(C)(C)c2ccccc2)cc(C(C)(C)C)c1.[Pt]. The molecule has 0 saturated heterocycles. The molecule has 6 heteroatoms. The Bertz CT molecular complexity index is 3110. The summed E-state index contributed by atoms with van der Waals surface area (Å²) in [5.41, 5.74) is 11.6. The molecular formula is C62H65N4OPt-3. The molecule has 0 atom stereocenters. The summed E-state index contributed by atoms with van der Waals surface area (Å²) in [5, 5.41) is 2.23. The van der Waals surface area contributed by atoms with E-state index in [-0.39, 0.29) is 37.3 Å². The van der Waals surface area contributed by atoms with E-state index in [0.717, 1.165) is 39.0 Å². The maximum absolute atomic E-state index is 6.82. The van der Waals surface area contributed by atoms with Crippen LogP contribution in [0.3, 0.4) is 0 Å². The molecule has 3 heterocycles. The maximum atomic E-state index is 6.82. The average molecular weight is 1080 g/mol. The number of hydrogen-bond acceptors (Lipinski definition) is 4. The quantitative estimate of drug-likeness (QED) is 0.135. The van der Waals surface area contributed by atoms with Crippen LogP contribution >= 0.6 is 0 Å². The van der Waals surface area contributed by atoms with Crippen LogP contribution in [0.4, 0.5) is 11.4 Å². The topological polar surface area (TPSA) is 33.5 Å². The number of rotatable bonds is 9. The van der Waals surface area contributed by atoms with Crippen molar-refractivity contribution in [3.8, 4) is 17.3 Å². The van der Waals surface area contributed by atoms with Crippen molar-refractivity contribution in [1.82, 2.24) is 9.55 Å². The Kier molecular flexibility index (Phi) is 12.8. The summed E-state index contributed by atoms with van der Waals surface area (Å²) >= 11 is 0. The van der Waals surface area contributed by atoms with Crippen molar-refractivity contribution in [1.29, 1.82) is 0 Å². The van der Waals surface area contributed by atoms with Crippen LogP contribution in [0.15, 0.2) is 163 Å². The Morgan fingerprint density at radius 3 is 1.60 bits per heavy atom. The zero-order chi connectivity index (χ0) is 47.7. The van der Waals surface area contributed by atoms with Gasteiger partial charge < -0.3 is 19.1 Å². The number of anilines is 2. The largest absolute Gasteiger partial charge is 0.509 e. The molecule has 0 saturated carbocycles. The summed E-state index contributed by atoms with van der Waals surface area (Å²) < 4.78 is 9.03. The van der Waals surface area contributed by atoms with Crippen molar-refractivity contribution in [3.63, 3.8) is 0 Å². The van der Waals surface area contributed by atoms with Crippen LogP contribution in [0.5, 0.6) is 11.5 Å². The minimum Gasteiger partial charge on any atom is -0.509 e. The fourth-order valence-electron chi connectivity index (χ4n) is 9.56. The molecule has 0 spiro atoms.